The van der Waals surface area contributed by atoms with Crippen LogP contribution in [0.4, 0.5) is 0 Å². The summed E-state index contributed by atoms with van der Waals surface area (Å²) in [6, 6.07) is 19.9. The number of benzene rings is 3. The van der Waals surface area contributed by atoms with Crippen molar-refractivity contribution in [1.29, 1.82) is 0 Å². The van der Waals surface area contributed by atoms with Crippen molar-refractivity contribution in [3.63, 3.8) is 0 Å². The van der Waals surface area contributed by atoms with Gasteiger partial charge in [0.05, 0.1) is 4.90 Å². The van der Waals surface area contributed by atoms with Gasteiger partial charge < -0.3 is 20.3 Å². The molecule has 40 heavy (non-hydrogen) atoms. The number of nitrogens with one attached hydrogen (secondary N) is 1. The second-order valence-corrected chi connectivity index (χ2v) is 12.4. The highest BCUT2D eigenvalue weighted by molar-refractivity contribution is 7.89. The Labute approximate surface area is 237 Å². The lowest BCUT2D eigenvalue weighted by atomic mass is 10.1. The van der Waals surface area contributed by atoms with Crippen LogP contribution >= 0.6 is 11.6 Å². The van der Waals surface area contributed by atoms with Crippen molar-refractivity contribution >= 4 is 33.6 Å². The van der Waals surface area contributed by atoms with E-state index in [1.54, 1.807) is 60.7 Å². The van der Waals surface area contributed by atoms with E-state index in [1.165, 1.54) is 12.1 Å². The third-order valence-electron chi connectivity index (χ3n) is 7.50. The summed E-state index contributed by atoms with van der Waals surface area (Å²) < 4.78 is 34.3. The first kappa shape index (κ1) is 28.1. The summed E-state index contributed by atoms with van der Waals surface area (Å²) in [4.78, 5) is 24.3. The number of aliphatic carboxylic acids is 2. The molecule has 11 heteroatoms. The first-order chi connectivity index (χ1) is 19.1. The molecule has 3 aromatic carbocycles. The lowest BCUT2D eigenvalue weighted by molar-refractivity contribution is -0.145. The van der Waals surface area contributed by atoms with E-state index in [0.717, 1.165) is 37.1 Å². The Kier molecular flexibility index (Phi) is 7.87. The van der Waals surface area contributed by atoms with Crippen LogP contribution < -0.4 is 10.1 Å². The third-order valence-corrected chi connectivity index (χ3v) is 9.65. The minimum absolute atomic E-state index is 0.0275. The molecule has 0 bridgehead atoms. The van der Waals surface area contributed by atoms with Crippen LogP contribution in [0.2, 0.25) is 5.02 Å². The number of rotatable bonds is 10. The highest BCUT2D eigenvalue weighted by Crippen LogP contribution is 2.57. The first-order valence-corrected chi connectivity index (χ1v) is 14.7. The van der Waals surface area contributed by atoms with Crippen LogP contribution in [-0.2, 0) is 19.6 Å². The zero-order valence-corrected chi connectivity index (χ0v) is 23.1. The van der Waals surface area contributed by atoms with Gasteiger partial charge in [-0.2, -0.15) is 4.31 Å². The Morgan fingerprint density at radius 2 is 1.60 bits per heavy atom. The Morgan fingerprint density at radius 3 is 2.20 bits per heavy atom. The minimum atomic E-state index is -4.50. The SMILES string of the molecule is O=C(O)CN([C@]1(C(=O)O)C[C@H]1c1cccc(OC2CCNCC2)c1)S(=O)(=O)c1ccc(-c2ccc(Cl)cc2)cc1. The lowest BCUT2D eigenvalue weighted by Gasteiger charge is -2.28. The van der Waals surface area contributed by atoms with Crippen molar-refractivity contribution in [2.75, 3.05) is 19.6 Å². The number of hydrogen-bond acceptors (Lipinski definition) is 6. The van der Waals surface area contributed by atoms with Gasteiger partial charge in [0.25, 0.3) is 0 Å². The summed E-state index contributed by atoms with van der Waals surface area (Å²) in [5, 5.41) is 23.8. The van der Waals surface area contributed by atoms with Gasteiger partial charge in [0.2, 0.25) is 10.0 Å². The molecule has 2 fully saturated rings. The van der Waals surface area contributed by atoms with E-state index in [9.17, 15) is 28.2 Å². The van der Waals surface area contributed by atoms with Gasteiger partial charge in [-0.25, -0.2) is 8.42 Å². The minimum Gasteiger partial charge on any atom is -0.490 e. The van der Waals surface area contributed by atoms with E-state index < -0.39 is 40.0 Å². The quantitative estimate of drug-likeness (QED) is 0.322. The number of carboxylic acid groups (broad SMARTS) is 2. The normalized spacial score (nSPS) is 21.2. The van der Waals surface area contributed by atoms with Gasteiger partial charge in [-0.05, 0) is 85.4 Å². The predicted octanol–water partition coefficient (Wildman–Crippen LogP) is 4.22. The van der Waals surface area contributed by atoms with Gasteiger partial charge in [-0.1, -0.05) is 48.0 Å². The van der Waals surface area contributed by atoms with E-state index in [0.29, 0.717) is 20.6 Å². The molecule has 2 aliphatic rings. The van der Waals surface area contributed by atoms with Crippen LogP contribution in [0.1, 0.15) is 30.7 Å². The van der Waals surface area contributed by atoms with Gasteiger partial charge in [0, 0.05) is 10.9 Å². The molecule has 0 spiro atoms. The summed E-state index contributed by atoms with van der Waals surface area (Å²) in [6.45, 7) is 0.699. The van der Waals surface area contributed by atoms with Crippen molar-refractivity contribution in [2.45, 2.75) is 41.7 Å². The Hall–Kier alpha value is -3.44. The fourth-order valence-electron chi connectivity index (χ4n) is 5.33. The number of ether oxygens (including phenoxy) is 1. The predicted molar refractivity (Wildman–Crippen MR) is 149 cm³/mol. The molecule has 3 aromatic rings. The maximum absolute atomic E-state index is 13.8. The number of carboxylic acids is 2. The zero-order valence-electron chi connectivity index (χ0n) is 21.5. The molecule has 1 saturated heterocycles. The Morgan fingerprint density at radius 1 is 0.975 bits per heavy atom. The topological polar surface area (TPSA) is 133 Å². The Balaban J connectivity index is 1.45. The molecule has 0 radical (unpaired) electrons. The molecule has 2 atom stereocenters. The van der Waals surface area contributed by atoms with Crippen LogP contribution in [0.15, 0.2) is 77.7 Å². The molecule has 5 rings (SSSR count). The van der Waals surface area contributed by atoms with E-state index in [2.05, 4.69) is 5.32 Å². The molecule has 1 heterocycles. The number of sulfonamides is 1. The molecule has 0 unspecified atom stereocenters. The largest absolute Gasteiger partial charge is 0.490 e. The van der Waals surface area contributed by atoms with Gasteiger partial charge in [-0.15, -0.1) is 0 Å². The van der Waals surface area contributed by atoms with Gasteiger partial charge in [-0.3, -0.25) is 9.59 Å². The summed E-state index contributed by atoms with van der Waals surface area (Å²) in [5.41, 5.74) is 0.173. The third kappa shape index (κ3) is 5.57. The summed E-state index contributed by atoms with van der Waals surface area (Å²) >= 11 is 5.95. The Bertz CT molecular complexity index is 1510. The number of carbonyl (C=O) groups is 2. The summed E-state index contributed by atoms with van der Waals surface area (Å²) in [5.74, 6) is -3.02. The molecule has 3 N–H and O–H groups in total. The molecule has 9 nitrogen and oxygen atoms in total. The number of piperidine rings is 1. The first-order valence-electron chi connectivity index (χ1n) is 12.9. The monoisotopic (exact) mass is 584 g/mol. The van der Waals surface area contributed by atoms with Crippen LogP contribution in [0, 0.1) is 0 Å². The average molecular weight is 585 g/mol. The van der Waals surface area contributed by atoms with Gasteiger partial charge in [0.1, 0.15) is 23.9 Å². The molecular formula is C29H29ClN2O7S. The van der Waals surface area contributed by atoms with Crippen molar-refractivity contribution in [2.24, 2.45) is 0 Å². The zero-order chi connectivity index (χ0) is 28.5. The van der Waals surface area contributed by atoms with Gasteiger partial charge >= 0.3 is 11.9 Å². The lowest BCUT2D eigenvalue weighted by Crippen LogP contribution is -2.50. The molecule has 1 aliphatic heterocycles. The van der Waals surface area contributed by atoms with Gasteiger partial charge in [0.15, 0.2) is 0 Å². The highest BCUT2D eigenvalue weighted by atomic mass is 35.5. The number of halogens is 1. The number of nitrogens with zero attached hydrogens (tertiary/aromatic N) is 1. The fourth-order valence-corrected chi connectivity index (χ4v) is 7.18. The van der Waals surface area contributed by atoms with Crippen molar-refractivity contribution < 1.29 is 33.0 Å². The maximum Gasteiger partial charge on any atom is 0.325 e. The van der Waals surface area contributed by atoms with Crippen LogP contribution in [0.5, 0.6) is 5.75 Å². The van der Waals surface area contributed by atoms with Crippen molar-refractivity contribution in [1.82, 2.24) is 9.62 Å². The van der Waals surface area contributed by atoms with E-state index in [-0.39, 0.29) is 17.4 Å². The van der Waals surface area contributed by atoms with E-state index in [1.807, 2.05) is 0 Å². The smallest absolute Gasteiger partial charge is 0.325 e. The second-order valence-electron chi connectivity index (χ2n) is 10.1. The molecule has 0 amide bonds. The van der Waals surface area contributed by atoms with E-state index >= 15 is 0 Å². The summed E-state index contributed by atoms with van der Waals surface area (Å²) in [7, 11) is -4.50. The van der Waals surface area contributed by atoms with Crippen molar-refractivity contribution in [3.8, 4) is 16.9 Å². The highest BCUT2D eigenvalue weighted by Gasteiger charge is 2.68. The summed E-state index contributed by atoms with van der Waals surface area (Å²) in [6.07, 6.45) is 1.65. The van der Waals surface area contributed by atoms with Crippen LogP contribution in [0.3, 0.4) is 0 Å². The second kappa shape index (κ2) is 11.2. The average Bonchev–Trinajstić information content (AvgIpc) is 3.70. The standard InChI is InChI=1S/C29H29ClN2O7S/c30-22-8-4-19(5-9-22)20-6-10-25(11-7-20)40(37,38)32(18-27(33)34)29(28(35)36)17-26(29)21-2-1-3-24(16-21)39-23-12-14-31-15-13-23/h1-11,16,23,26,31H,12-15,17-18H2,(H,33,34)(H,35,36)/t26-,29+/m0/s1. The molecule has 1 saturated carbocycles. The molecule has 1 aliphatic carbocycles. The molecule has 0 aromatic heterocycles. The number of hydrogen-bond donors (Lipinski definition) is 3. The van der Waals surface area contributed by atoms with E-state index in [4.69, 9.17) is 16.3 Å². The fraction of sp³-hybridized carbons (Fsp3) is 0.310. The molecular weight excluding hydrogens is 556 g/mol. The maximum atomic E-state index is 13.8. The molecule has 210 valence electrons. The van der Waals surface area contributed by atoms with Crippen LogP contribution in [0.25, 0.3) is 11.1 Å². The van der Waals surface area contributed by atoms with Crippen molar-refractivity contribution in [3.05, 3.63) is 83.4 Å². The van der Waals surface area contributed by atoms with Crippen LogP contribution in [-0.4, -0.2) is 66.2 Å².